The number of rotatable bonds is 9. The number of esters is 1. The topological polar surface area (TPSA) is 79.2 Å². The highest BCUT2D eigenvalue weighted by Gasteiger charge is 2.07. The molecule has 0 aromatic heterocycles. The Labute approximate surface area is 153 Å². The molecule has 1 N–H and O–H groups in total. The summed E-state index contributed by atoms with van der Waals surface area (Å²) in [5, 5.41) is 11.6. The predicted octanol–water partition coefficient (Wildman–Crippen LogP) is 3.84. The summed E-state index contributed by atoms with van der Waals surface area (Å²) in [4.78, 5) is 23.6. The maximum Gasteiger partial charge on any atom is 0.305 e. The van der Waals surface area contributed by atoms with Crippen LogP contribution in [-0.4, -0.2) is 18.5 Å². The van der Waals surface area contributed by atoms with Crippen LogP contribution >= 0.6 is 0 Å². The summed E-state index contributed by atoms with van der Waals surface area (Å²) in [6, 6.07) is 18.8. The van der Waals surface area contributed by atoms with Crippen LogP contribution in [0.1, 0.15) is 36.8 Å². The molecule has 0 spiro atoms. The summed E-state index contributed by atoms with van der Waals surface area (Å²) in [6.45, 7) is 0.390. The molecule has 0 heterocycles. The Balaban J connectivity index is 1.57. The van der Waals surface area contributed by atoms with Crippen LogP contribution < -0.4 is 5.32 Å². The molecule has 5 heteroatoms. The Bertz CT molecular complexity index is 766. The first-order valence-electron chi connectivity index (χ1n) is 8.67. The van der Waals surface area contributed by atoms with E-state index in [1.54, 1.807) is 24.3 Å². The van der Waals surface area contributed by atoms with Gasteiger partial charge in [0.05, 0.1) is 18.2 Å². The minimum atomic E-state index is -0.280. The highest BCUT2D eigenvalue weighted by atomic mass is 16.5. The number of benzene rings is 2. The molecule has 1 amide bonds. The van der Waals surface area contributed by atoms with Crippen LogP contribution in [0.4, 0.5) is 5.69 Å². The van der Waals surface area contributed by atoms with Gasteiger partial charge in [-0.15, -0.1) is 0 Å². The molecule has 0 aliphatic rings. The van der Waals surface area contributed by atoms with E-state index >= 15 is 0 Å². The van der Waals surface area contributed by atoms with Crippen LogP contribution in [0.2, 0.25) is 0 Å². The Hall–Kier alpha value is -3.13. The van der Waals surface area contributed by atoms with E-state index in [1.165, 1.54) is 5.56 Å². The number of aryl methyl sites for hydroxylation is 1. The van der Waals surface area contributed by atoms with Gasteiger partial charge in [-0.25, -0.2) is 0 Å². The average Bonchev–Trinajstić information content (AvgIpc) is 2.66. The van der Waals surface area contributed by atoms with Crippen LogP contribution in [0.3, 0.4) is 0 Å². The lowest BCUT2D eigenvalue weighted by atomic mass is 10.1. The van der Waals surface area contributed by atoms with E-state index in [0.29, 0.717) is 24.3 Å². The predicted molar refractivity (Wildman–Crippen MR) is 99.4 cm³/mol. The third-order valence-corrected chi connectivity index (χ3v) is 3.78. The van der Waals surface area contributed by atoms with Gasteiger partial charge in [0.1, 0.15) is 0 Å². The molecule has 5 nitrogen and oxygen atoms in total. The van der Waals surface area contributed by atoms with Gasteiger partial charge in [0.2, 0.25) is 5.91 Å². The van der Waals surface area contributed by atoms with Crippen molar-refractivity contribution in [1.82, 2.24) is 0 Å². The molecule has 0 radical (unpaired) electrons. The second-order valence-electron chi connectivity index (χ2n) is 5.90. The fourth-order valence-corrected chi connectivity index (χ4v) is 2.46. The highest BCUT2D eigenvalue weighted by molar-refractivity contribution is 5.91. The second-order valence-corrected chi connectivity index (χ2v) is 5.90. The third-order valence-electron chi connectivity index (χ3n) is 3.78. The van der Waals surface area contributed by atoms with Gasteiger partial charge in [0, 0.05) is 18.5 Å². The van der Waals surface area contributed by atoms with Gasteiger partial charge in [-0.05, 0) is 43.0 Å². The number of carbonyl (C=O) groups is 2. The van der Waals surface area contributed by atoms with E-state index in [9.17, 15) is 9.59 Å². The summed E-state index contributed by atoms with van der Waals surface area (Å²) < 4.78 is 5.19. The fraction of sp³-hybridized carbons (Fsp3) is 0.286. The third kappa shape index (κ3) is 7.18. The molecule has 0 saturated heterocycles. The van der Waals surface area contributed by atoms with Crippen molar-refractivity contribution < 1.29 is 14.3 Å². The van der Waals surface area contributed by atoms with Crippen molar-refractivity contribution in [3.05, 3.63) is 65.7 Å². The summed E-state index contributed by atoms with van der Waals surface area (Å²) >= 11 is 0. The molecule has 134 valence electrons. The lowest BCUT2D eigenvalue weighted by Gasteiger charge is -2.06. The molecular weight excluding hydrogens is 328 g/mol. The van der Waals surface area contributed by atoms with Crippen molar-refractivity contribution >= 4 is 17.6 Å². The van der Waals surface area contributed by atoms with Crippen molar-refractivity contribution in [2.24, 2.45) is 0 Å². The van der Waals surface area contributed by atoms with Crippen molar-refractivity contribution in [3.8, 4) is 6.07 Å². The smallest absolute Gasteiger partial charge is 0.305 e. The Morgan fingerprint density at radius 2 is 1.81 bits per heavy atom. The van der Waals surface area contributed by atoms with Gasteiger partial charge >= 0.3 is 5.97 Å². The number of carbonyl (C=O) groups excluding carboxylic acids is 2. The number of hydrogen-bond acceptors (Lipinski definition) is 4. The van der Waals surface area contributed by atoms with Gasteiger partial charge in [-0.1, -0.05) is 36.4 Å². The maximum atomic E-state index is 11.9. The molecule has 0 atom stereocenters. The Morgan fingerprint density at radius 3 is 2.58 bits per heavy atom. The fourth-order valence-electron chi connectivity index (χ4n) is 2.46. The van der Waals surface area contributed by atoms with Crippen molar-refractivity contribution in [2.75, 3.05) is 11.9 Å². The van der Waals surface area contributed by atoms with E-state index < -0.39 is 0 Å². The normalized spacial score (nSPS) is 9.96. The van der Waals surface area contributed by atoms with Gasteiger partial charge in [0.25, 0.3) is 0 Å². The number of ether oxygens (including phenoxy) is 1. The number of nitrogens with zero attached hydrogens (tertiary/aromatic N) is 1. The van der Waals surface area contributed by atoms with Crippen LogP contribution in [0.15, 0.2) is 54.6 Å². The number of anilines is 1. The zero-order chi connectivity index (χ0) is 18.6. The first-order chi connectivity index (χ1) is 12.7. The zero-order valence-electron chi connectivity index (χ0n) is 14.6. The van der Waals surface area contributed by atoms with Crippen LogP contribution in [0, 0.1) is 11.3 Å². The summed E-state index contributed by atoms with van der Waals surface area (Å²) in [5.41, 5.74) is 2.29. The SMILES string of the molecule is N#Cc1cccc(NC(=O)CCCC(=O)OCCCc2ccccc2)c1. The number of hydrogen-bond donors (Lipinski definition) is 1. The Morgan fingerprint density at radius 1 is 1.00 bits per heavy atom. The Kier molecular flexibility index (Phi) is 7.88. The van der Waals surface area contributed by atoms with Gasteiger partial charge in [-0.3, -0.25) is 9.59 Å². The van der Waals surface area contributed by atoms with E-state index in [0.717, 1.165) is 12.8 Å². The first kappa shape index (κ1) is 19.2. The first-order valence-corrected chi connectivity index (χ1v) is 8.67. The largest absolute Gasteiger partial charge is 0.466 e. The number of amides is 1. The molecule has 0 bridgehead atoms. The van der Waals surface area contributed by atoms with Gasteiger partial charge in [0.15, 0.2) is 0 Å². The minimum absolute atomic E-state index is 0.183. The minimum Gasteiger partial charge on any atom is -0.466 e. The van der Waals surface area contributed by atoms with Gasteiger partial charge in [-0.2, -0.15) is 5.26 Å². The molecule has 0 unspecified atom stereocenters. The summed E-state index contributed by atoms with van der Waals surface area (Å²) in [6.07, 6.45) is 2.54. The lowest BCUT2D eigenvalue weighted by Crippen LogP contribution is -2.13. The zero-order valence-corrected chi connectivity index (χ0v) is 14.6. The molecule has 2 aromatic rings. The van der Waals surface area contributed by atoms with Crippen LogP contribution in [0.25, 0.3) is 0 Å². The monoisotopic (exact) mass is 350 g/mol. The molecule has 0 aliphatic heterocycles. The van der Waals surface area contributed by atoms with E-state index in [1.807, 2.05) is 36.4 Å². The standard InChI is InChI=1S/C21H22N2O3/c22-16-18-9-4-11-19(15-18)23-20(24)12-5-13-21(25)26-14-6-10-17-7-2-1-3-8-17/h1-4,7-9,11,15H,5-6,10,12-14H2,(H,23,24). The molecule has 26 heavy (non-hydrogen) atoms. The van der Waals surface area contributed by atoms with Gasteiger partial charge < -0.3 is 10.1 Å². The molecule has 0 fully saturated rings. The summed E-state index contributed by atoms with van der Waals surface area (Å²) in [7, 11) is 0. The molecule has 2 rings (SSSR count). The van der Waals surface area contributed by atoms with Crippen LogP contribution in [0.5, 0.6) is 0 Å². The highest BCUT2D eigenvalue weighted by Crippen LogP contribution is 2.11. The van der Waals surface area contributed by atoms with E-state index in [4.69, 9.17) is 10.00 Å². The number of nitriles is 1. The second kappa shape index (κ2) is 10.7. The van der Waals surface area contributed by atoms with E-state index in [2.05, 4.69) is 5.32 Å². The maximum absolute atomic E-state index is 11.9. The number of nitrogens with one attached hydrogen (secondary N) is 1. The summed E-state index contributed by atoms with van der Waals surface area (Å²) in [5.74, 6) is -0.464. The van der Waals surface area contributed by atoms with E-state index in [-0.39, 0.29) is 24.7 Å². The van der Waals surface area contributed by atoms with Crippen molar-refractivity contribution in [1.29, 1.82) is 5.26 Å². The molecule has 0 saturated carbocycles. The van der Waals surface area contributed by atoms with Crippen molar-refractivity contribution in [3.63, 3.8) is 0 Å². The van der Waals surface area contributed by atoms with Crippen LogP contribution in [-0.2, 0) is 20.7 Å². The van der Waals surface area contributed by atoms with Crippen molar-refractivity contribution in [2.45, 2.75) is 32.1 Å². The quantitative estimate of drug-likeness (QED) is 0.550. The average molecular weight is 350 g/mol. The molecule has 2 aromatic carbocycles. The molecule has 0 aliphatic carbocycles. The molecular formula is C21H22N2O3. The lowest BCUT2D eigenvalue weighted by molar-refractivity contribution is -0.143.